The number of imidazole rings is 1. The van der Waals surface area contributed by atoms with Crippen LogP contribution < -0.4 is 0 Å². The summed E-state index contributed by atoms with van der Waals surface area (Å²) in [5, 5.41) is 0. The van der Waals surface area contributed by atoms with Gasteiger partial charge in [0.15, 0.2) is 0 Å². The molecule has 0 amide bonds. The third-order valence-corrected chi connectivity index (χ3v) is 4.94. The highest BCUT2D eigenvalue weighted by Crippen LogP contribution is 2.25. The maximum atomic E-state index is 5.99. The third kappa shape index (κ3) is 3.30. The van der Waals surface area contributed by atoms with Gasteiger partial charge in [0, 0.05) is 32.4 Å². The lowest BCUT2D eigenvalue weighted by Gasteiger charge is -2.41. The van der Waals surface area contributed by atoms with Gasteiger partial charge in [0.1, 0.15) is 11.9 Å². The lowest BCUT2D eigenvalue weighted by atomic mass is 10.0. The van der Waals surface area contributed by atoms with Crippen LogP contribution >= 0.6 is 0 Å². The average Bonchev–Trinajstić information content (AvgIpc) is 2.86. The van der Waals surface area contributed by atoms with E-state index in [-0.39, 0.29) is 6.10 Å². The molecule has 1 atom stereocenters. The quantitative estimate of drug-likeness (QED) is 0.847. The van der Waals surface area contributed by atoms with Crippen LogP contribution in [0.3, 0.4) is 0 Å². The molecule has 2 aliphatic rings. The van der Waals surface area contributed by atoms with Crippen LogP contribution in [-0.4, -0.2) is 64.7 Å². The fraction of sp³-hybridized carbons (Fsp3) is 0.812. The van der Waals surface area contributed by atoms with Gasteiger partial charge in [-0.25, -0.2) is 4.98 Å². The van der Waals surface area contributed by atoms with E-state index in [9.17, 15) is 0 Å². The number of aromatic nitrogens is 2. The van der Waals surface area contributed by atoms with Crippen molar-refractivity contribution < 1.29 is 4.74 Å². The van der Waals surface area contributed by atoms with Crippen LogP contribution in [0.2, 0.25) is 0 Å². The molecule has 5 nitrogen and oxygen atoms in total. The molecule has 0 N–H and O–H groups in total. The van der Waals surface area contributed by atoms with Crippen LogP contribution in [0.25, 0.3) is 0 Å². The van der Waals surface area contributed by atoms with Gasteiger partial charge in [-0.3, -0.25) is 4.90 Å². The van der Waals surface area contributed by atoms with E-state index in [0.29, 0.717) is 0 Å². The number of ether oxygens (including phenoxy) is 1. The summed E-state index contributed by atoms with van der Waals surface area (Å²) in [5.41, 5.74) is 1.07. The summed E-state index contributed by atoms with van der Waals surface area (Å²) in [6, 6.07) is 0.723. The third-order valence-electron chi connectivity index (χ3n) is 4.94. The van der Waals surface area contributed by atoms with Crippen LogP contribution in [0, 0.1) is 6.92 Å². The van der Waals surface area contributed by atoms with Gasteiger partial charge in [-0.15, -0.1) is 0 Å². The van der Waals surface area contributed by atoms with Crippen LogP contribution in [0.15, 0.2) is 6.20 Å². The molecule has 2 saturated heterocycles. The molecular weight excluding hydrogens is 264 g/mol. The lowest BCUT2D eigenvalue weighted by Crippen LogP contribution is -2.49. The number of likely N-dealkylation sites (tertiary alicyclic amines) is 1. The second-order valence-electron chi connectivity index (χ2n) is 6.37. The molecule has 0 radical (unpaired) electrons. The van der Waals surface area contributed by atoms with Crippen molar-refractivity contribution in [3.63, 3.8) is 0 Å². The first-order chi connectivity index (χ1) is 10.2. The molecule has 1 aromatic rings. The van der Waals surface area contributed by atoms with Crippen LogP contribution in [0.1, 0.15) is 37.4 Å². The second kappa shape index (κ2) is 6.46. The van der Waals surface area contributed by atoms with Gasteiger partial charge in [-0.2, -0.15) is 0 Å². The zero-order chi connectivity index (χ0) is 14.8. The first-order valence-electron chi connectivity index (χ1n) is 8.25. The van der Waals surface area contributed by atoms with Crippen molar-refractivity contribution in [2.24, 2.45) is 7.05 Å². The fourth-order valence-corrected chi connectivity index (χ4v) is 3.69. The Hall–Kier alpha value is -0.910. The minimum Gasteiger partial charge on any atom is -0.368 e. The van der Waals surface area contributed by atoms with Crippen molar-refractivity contribution >= 4 is 0 Å². The summed E-state index contributed by atoms with van der Waals surface area (Å²) in [5.74, 6) is 1.07. The molecule has 2 fully saturated rings. The Bertz CT molecular complexity index is 465. The molecule has 0 saturated carbocycles. The molecule has 3 heterocycles. The fourth-order valence-electron chi connectivity index (χ4n) is 3.69. The normalized spacial score (nSPS) is 26.3. The highest BCUT2D eigenvalue weighted by Gasteiger charge is 2.31. The summed E-state index contributed by atoms with van der Waals surface area (Å²) < 4.78 is 8.10. The number of nitrogens with zero attached hydrogens (tertiary/aromatic N) is 4. The Labute approximate surface area is 127 Å². The van der Waals surface area contributed by atoms with Gasteiger partial charge in [0.2, 0.25) is 0 Å². The number of rotatable bonds is 3. The van der Waals surface area contributed by atoms with Crippen molar-refractivity contribution in [2.75, 3.05) is 39.3 Å². The van der Waals surface area contributed by atoms with Gasteiger partial charge in [0.25, 0.3) is 0 Å². The molecule has 0 bridgehead atoms. The Morgan fingerprint density at radius 1 is 1.29 bits per heavy atom. The number of piperidine rings is 1. The zero-order valence-electron chi connectivity index (χ0n) is 13.6. The lowest BCUT2D eigenvalue weighted by molar-refractivity contribution is -0.0578. The largest absolute Gasteiger partial charge is 0.368 e. The molecule has 5 heteroatoms. The molecule has 0 spiro atoms. The highest BCUT2D eigenvalue weighted by molar-refractivity contribution is 5.05. The molecule has 1 aromatic heterocycles. The van der Waals surface area contributed by atoms with E-state index < -0.39 is 0 Å². The average molecular weight is 292 g/mol. The number of hydrogen-bond donors (Lipinski definition) is 0. The van der Waals surface area contributed by atoms with E-state index >= 15 is 0 Å². The van der Waals surface area contributed by atoms with E-state index in [2.05, 4.69) is 39.5 Å². The Morgan fingerprint density at radius 3 is 2.67 bits per heavy atom. The van der Waals surface area contributed by atoms with Crippen LogP contribution in [-0.2, 0) is 11.8 Å². The summed E-state index contributed by atoms with van der Waals surface area (Å²) in [6.07, 6.45) is 4.79. The van der Waals surface area contributed by atoms with Crippen LogP contribution in [0.5, 0.6) is 0 Å². The molecule has 3 rings (SSSR count). The number of morpholine rings is 1. The monoisotopic (exact) mass is 292 g/mol. The maximum absolute atomic E-state index is 5.99. The Kier molecular flexibility index (Phi) is 4.62. The van der Waals surface area contributed by atoms with Gasteiger partial charge in [-0.05, 0) is 39.4 Å². The summed E-state index contributed by atoms with van der Waals surface area (Å²) in [6.45, 7) is 10.8. The van der Waals surface area contributed by atoms with Gasteiger partial charge >= 0.3 is 0 Å². The van der Waals surface area contributed by atoms with Crippen molar-refractivity contribution in [1.82, 2.24) is 19.4 Å². The zero-order valence-corrected chi connectivity index (χ0v) is 13.6. The van der Waals surface area contributed by atoms with E-state index in [1.165, 1.54) is 32.5 Å². The molecule has 0 aliphatic carbocycles. The Balaban J connectivity index is 1.62. The smallest absolute Gasteiger partial charge is 0.139 e. The van der Waals surface area contributed by atoms with E-state index in [1.807, 2.05) is 6.92 Å². The first-order valence-corrected chi connectivity index (χ1v) is 8.25. The summed E-state index contributed by atoms with van der Waals surface area (Å²) in [7, 11) is 2.07. The molecule has 118 valence electrons. The minimum atomic E-state index is 0.127. The predicted molar refractivity (Wildman–Crippen MR) is 83.3 cm³/mol. The van der Waals surface area contributed by atoms with Crippen molar-refractivity contribution in [2.45, 2.75) is 38.8 Å². The van der Waals surface area contributed by atoms with Crippen molar-refractivity contribution in [1.29, 1.82) is 0 Å². The molecule has 21 heavy (non-hydrogen) atoms. The molecule has 2 aliphatic heterocycles. The van der Waals surface area contributed by atoms with Gasteiger partial charge < -0.3 is 14.2 Å². The Morgan fingerprint density at radius 2 is 2.05 bits per heavy atom. The van der Waals surface area contributed by atoms with Gasteiger partial charge in [-0.1, -0.05) is 6.92 Å². The minimum absolute atomic E-state index is 0.127. The topological polar surface area (TPSA) is 33.5 Å². The van der Waals surface area contributed by atoms with Crippen molar-refractivity contribution in [3.05, 3.63) is 17.7 Å². The standard InChI is InChI=1S/C16H28N4O/c1-4-19-7-5-14(6-8-19)20-9-10-21-15(12-20)16-17-13(2)11-18(16)3/h11,14-15H,4-10,12H2,1-3H3/t15-/m1/s1. The number of hydrogen-bond acceptors (Lipinski definition) is 4. The number of aryl methyl sites for hydroxylation is 2. The van der Waals surface area contributed by atoms with Crippen LogP contribution in [0.4, 0.5) is 0 Å². The second-order valence-corrected chi connectivity index (χ2v) is 6.37. The van der Waals surface area contributed by atoms with E-state index in [1.54, 1.807) is 0 Å². The van der Waals surface area contributed by atoms with Crippen molar-refractivity contribution in [3.8, 4) is 0 Å². The molecular formula is C16H28N4O. The highest BCUT2D eigenvalue weighted by atomic mass is 16.5. The summed E-state index contributed by atoms with van der Waals surface area (Å²) in [4.78, 5) is 9.82. The summed E-state index contributed by atoms with van der Waals surface area (Å²) >= 11 is 0. The molecule has 0 aromatic carbocycles. The maximum Gasteiger partial charge on any atom is 0.139 e. The SMILES string of the molecule is CCN1CCC(N2CCO[C@@H](c3nc(C)cn3C)C2)CC1. The predicted octanol–water partition coefficient (Wildman–Crippen LogP) is 1.59. The van der Waals surface area contributed by atoms with Gasteiger partial charge in [0.05, 0.1) is 12.3 Å². The van der Waals surface area contributed by atoms with E-state index in [0.717, 1.165) is 37.3 Å². The van der Waals surface area contributed by atoms with E-state index in [4.69, 9.17) is 4.74 Å². The molecule has 0 unspecified atom stereocenters. The first kappa shape index (κ1) is 15.0.